The number of hydrogen-bond donors (Lipinski definition) is 2. The standard InChI is InChI=1S/C15H26N4OS/c1-16-15(18-12-14-4-11-21-13-14)17-5-2-3-6-19-7-9-20-10-8-19/h4,11,13H,2-3,5-10,12H2,1H3,(H2,16,17,18). The summed E-state index contributed by atoms with van der Waals surface area (Å²) in [5.41, 5.74) is 1.30. The molecule has 2 rings (SSSR count). The number of guanidine groups is 1. The Morgan fingerprint density at radius 3 is 2.90 bits per heavy atom. The maximum Gasteiger partial charge on any atom is 0.191 e. The molecule has 0 radical (unpaired) electrons. The minimum Gasteiger partial charge on any atom is -0.379 e. The van der Waals surface area contributed by atoms with Crippen molar-refractivity contribution in [2.24, 2.45) is 4.99 Å². The Morgan fingerprint density at radius 1 is 1.33 bits per heavy atom. The molecule has 2 N–H and O–H groups in total. The van der Waals surface area contributed by atoms with Gasteiger partial charge in [0.2, 0.25) is 0 Å². The molecule has 1 aliphatic heterocycles. The molecular formula is C15H26N4OS. The van der Waals surface area contributed by atoms with Crippen LogP contribution in [0.25, 0.3) is 0 Å². The molecule has 1 fully saturated rings. The Kier molecular flexibility index (Phi) is 7.56. The number of unbranched alkanes of at least 4 members (excludes halogenated alkanes) is 1. The lowest BCUT2D eigenvalue weighted by Gasteiger charge is -2.26. The Morgan fingerprint density at radius 2 is 2.19 bits per heavy atom. The first kappa shape index (κ1) is 16.3. The first-order valence-corrected chi connectivity index (χ1v) is 8.58. The van der Waals surface area contributed by atoms with Gasteiger partial charge in [0.1, 0.15) is 0 Å². The summed E-state index contributed by atoms with van der Waals surface area (Å²) in [4.78, 5) is 6.73. The summed E-state index contributed by atoms with van der Waals surface area (Å²) in [6, 6.07) is 2.13. The van der Waals surface area contributed by atoms with Gasteiger partial charge in [0.25, 0.3) is 0 Å². The van der Waals surface area contributed by atoms with Crippen molar-refractivity contribution in [3.63, 3.8) is 0 Å². The summed E-state index contributed by atoms with van der Waals surface area (Å²) in [6.07, 6.45) is 2.38. The van der Waals surface area contributed by atoms with Gasteiger partial charge in [-0.05, 0) is 41.8 Å². The van der Waals surface area contributed by atoms with Crippen LogP contribution >= 0.6 is 11.3 Å². The van der Waals surface area contributed by atoms with Gasteiger partial charge in [-0.15, -0.1) is 0 Å². The molecular weight excluding hydrogens is 284 g/mol. The minimum absolute atomic E-state index is 0.830. The second-order valence-electron chi connectivity index (χ2n) is 5.15. The summed E-state index contributed by atoms with van der Waals surface area (Å²) in [5, 5.41) is 11.0. The fourth-order valence-corrected chi connectivity index (χ4v) is 2.96. The molecule has 0 atom stereocenters. The van der Waals surface area contributed by atoms with Crippen LogP contribution in [-0.4, -0.2) is 57.3 Å². The quantitative estimate of drug-likeness (QED) is 0.455. The Labute approximate surface area is 131 Å². The normalized spacial score (nSPS) is 16.9. The Bertz CT molecular complexity index is 402. The van der Waals surface area contributed by atoms with Crippen molar-refractivity contribution in [3.8, 4) is 0 Å². The van der Waals surface area contributed by atoms with Crippen LogP contribution in [0.5, 0.6) is 0 Å². The molecule has 118 valence electrons. The molecule has 0 bridgehead atoms. The van der Waals surface area contributed by atoms with Crippen LogP contribution in [-0.2, 0) is 11.3 Å². The number of rotatable bonds is 7. The minimum atomic E-state index is 0.830. The van der Waals surface area contributed by atoms with E-state index in [1.807, 2.05) is 7.05 Å². The van der Waals surface area contributed by atoms with E-state index in [4.69, 9.17) is 4.74 Å². The van der Waals surface area contributed by atoms with E-state index < -0.39 is 0 Å². The van der Waals surface area contributed by atoms with E-state index >= 15 is 0 Å². The van der Waals surface area contributed by atoms with E-state index in [1.54, 1.807) is 11.3 Å². The van der Waals surface area contributed by atoms with Crippen molar-refractivity contribution < 1.29 is 4.74 Å². The molecule has 0 amide bonds. The lowest BCUT2D eigenvalue weighted by Crippen LogP contribution is -2.38. The predicted molar refractivity (Wildman–Crippen MR) is 89.0 cm³/mol. The second-order valence-corrected chi connectivity index (χ2v) is 5.93. The van der Waals surface area contributed by atoms with Gasteiger partial charge < -0.3 is 15.4 Å². The molecule has 0 unspecified atom stereocenters. The maximum absolute atomic E-state index is 5.35. The van der Waals surface area contributed by atoms with Gasteiger partial charge in [0.05, 0.1) is 13.2 Å². The lowest BCUT2D eigenvalue weighted by atomic mass is 10.2. The van der Waals surface area contributed by atoms with Gasteiger partial charge >= 0.3 is 0 Å². The zero-order valence-electron chi connectivity index (χ0n) is 12.8. The van der Waals surface area contributed by atoms with Crippen molar-refractivity contribution in [3.05, 3.63) is 22.4 Å². The fourth-order valence-electron chi connectivity index (χ4n) is 2.29. The van der Waals surface area contributed by atoms with Crippen LogP contribution in [0, 0.1) is 0 Å². The van der Waals surface area contributed by atoms with Gasteiger partial charge in [-0.3, -0.25) is 9.89 Å². The maximum atomic E-state index is 5.35. The van der Waals surface area contributed by atoms with Crippen LogP contribution in [0.2, 0.25) is 0 Å². The highest BCUT2D eigenvalue weighted by Gasteiger charge is 2.08. The third kappa shape index (κ3) is 6.46. The summed E-state index contributed by atoms with van der Waals surface area (Å²) in [5.74, 6) is 0.882. The average molecular weight is 310 g/mol. The molecule has 6 heteroatoms. The average Bonchev–Trinajstić information content (AvgIpc) is 3.04. The van der Waals surface area contributed by atoms with Gasteiger partial charge in [0, 0.05) is 33.2 Å². The number of thiophene rings is 1. The zero-order valence-corrected chi connectivity index (χ0v) is 13.6. The molecule has 5 nitrogen and oxygen atoms in total. The number of hydrogen-bond acceptors (Lipinski definition) is 4. The highest BCUT2D eigenvalue weighted by molar-refractivity contribution is 7.07. The molecule has 0 aromatic carbocycles. The Balaban J connectivity index is 1.51. The monoisotopic (exact) mass is 310 g/mol. The lowest BCUT2D eigenvalue weighted by molar-refractivity contribution is 0.0372. The fraction of sp³-hybridized carbons (Fsp3) is 0.667. The molecule has 1 aromatic heterocycles. The molecule has 0 spiro atoms. The van der Waals surface area contributed by atoms with Crippen LogP contribution < -0.4 is 10.6 Å². The SMILES string of the molecule is CN=C(NCCCCN1CCOCC1)NCc1ccsc1. The molecule has 1 saturated heterocycles. The van der Waals surface area contributed by atoms with Gasteiger partial charge in [-0.25, -0.2) is 0 Å². The van der Waals surface area contributed by atoms with Crippen molar-refractivity contribution in [2.45, 2.75) is 19.4 Å². The van der Waals surface area contributed by atoms with E-state index in [-0.39, 0.29) is 0 Å². The van der Waals surface area contributed by atoms with Crippen molar-refractivity contribution >= 4 is 17.3 Å². The third-order valence-corrected chi connectivity index (χ3v) is 4.29. The molecule has 2 heterocycles. The van der Waals surface area contributed by atoms with E-state index in [2.05, 4.69) is 37.4 Å². The number of ether oxygens (including phenoxy) is 1. The van der Waals surface area contributed by atoms with E-state index in [0.29, 0.717) is 0 Å². The Hall–Kier alpha value is -1.11. The largest absolute Gasteiger partial charge is 0.379 e. The summed E-state index contributed by atoms with van der Waals surface area (Å²) in [7, 11) is 1.82. The van der Waals surface area contributed by atoms with Crippen molar-refractivity contribution in [1.82, 2.24) is 15.5 Å². The highest BCUT2D eigenvalue weighted by Crippen LogP contribution is 2.04. The van der Waals surface area contributed by atoms with Gasteiger partial charge in [0.15, 0.2) is 5.96 Å². The highest BCUT2D eigenvalue weighted by atomic mass is 32.1. The van der Waals surface area contributed by atoms with Crippen LogP contribution in [0.4, 0.5) is 0 Å². The number of morpholine rings is 1. The van der Waals surface area contributed by atoms with Crippen LogP contribution in [0.1, 0.15) is 18.4 Å². The summed E-state index contributed by atoms with van der Waals surface area (Å²) in [6.45, 7) is 6.90. The van der Waals surface area contributed by atoms with Crippen LogP contribution in [0.3, 0.4) is 0 Å². The molecule has 21 heavy (non-hydrogen) atoms. The second kappa shape index (κ2) is 9.76. The number of nitrogens with one attached hydrogen (secondary N) is 2. The first-order valence-electron chi connectivity index (χ1n) is 7.64. The molecule has 0 saturated carbocycles. The smallest absolute Gasteiger partial charge is 0.191 e. The van der Waals surface area contributed by atoms with E-state index in [1.165, 1.54) is 18.5 Å². The number of aliphatic imine (C=N–C) groups is 1. The number of nitrogens with zero attached hydrogens (tertiary/aromatic N) is 2. The molecule has 0 aliphatic carbocycles. The van der Waals surface area contributed by atoms with Crippen LogP contribution in [0.15, 0.2) is 21.8 Å². The summed E-state index contributed by atoms with van der Waals surface area (Å²) >= 11 is 1.72. The van der Waals surface area contributed by atoms with E-state index in [0.717, 1.165) is 51.8 Å². The van der Waals surface area contributed by atoms with Gasteiger partial charge in [-0.2, -0.15) is 11.3 Å². The first-order chi connectivity index (χ1) is 10.4. The zero-order chi connectivity index (χ0) is 14.8. The van der Waals surface area contributed by atoms with Gasteiger partial charge in [-0.1, -0.05) is 0 Å². The van der Waals surface area contributed by atoms with Crippen molar-refractivity contribution in [1.29, 1.82) is 0 Å². The van der Waals surface area contributed by atoms with E-state index in [9.17, 15) is 0 Å². The van der Waals surface area contributed by atoms with Crippen molar-refractivity contribution in [2.75, 3.05) is 46.4 Å². The third-order valence-electron chi connectivity index (χ3n) is 3.56. The molecule has 1 aromatic rings. The topological polar surface area (TPSA) is 48.9 Å². The molecule has 1 aliphatic rings. The summed E-state index contributed by atoms with van der Waals surface area (Å²) < 4.78 is 5.35. The predicted octanol–water partition coefficient (Wildman–Crippen LogP) is 1.53.